The van der Waals surface area contributed by atoms with Gasteiger partial charge in [-0.15, -0.1) is 0 Å². The smallest absolute Gasteiger partial charge is 0.337 e. The monoisotopic (exact) mass is 467 g/mol. The molecule has 3 aromatic carbocycles. The number of benzene rings is 3. The number of methoxy groups -OCH3 is 1. The highest BCUT2D eigenvalue weighted by atomic mass is 19.1. The second-order valence-corrected chi connectivity index (χ2v) is 8.55. The molecule has 0 saturated carbocycles. The summed E-state index contributed by atoms with van der Waals surface area (Å²) in [6.45, 7) is 3.80. The molecular weight excluding hydrogens is 441 g/mol. The van der Waals surface area contributed by atoms with Crippen LogP contribution >= 0.6 is 0 Å². The molecule has 5 heteroatoms. The summed E-state index contributed by atoms with van der Waals surface area (Å²) < 4.78 is 18.5. The minimum absolute atomic E-state index is 0.125. The second kappa shape index (κ2) is 10.4. The third-order valence-corrected chi connectivity index (χ3v) is 6.28. The first kappa shape index (κ1) is 24.0. The van der Waals surface area contributed by atoms with Gasteiger partial charge in [-0.1, -0.05) is 60.7 Å². The number of carbonyl (C=O) groups is 2. The number of carbonyl (C=O) groups excluding carboxylic acids is 2. The number of pyridine rings is 1. The predicted molar refractivity (Wildman–Crippen MR) is 134 cm³/mol. The molecule has 0 aliphatic heterocycles. The van der Waals surface area contributed by atoms with Crippen LogP contribution in [0.25, 0.3) is 11.1 Å². The molecule has 1 aromatic heterocycles. The van der Waals surface area contributed by atoms with E-state index < -0.39 is 5.95 Å². The molecule has 1 heterocycles. The Hall–Kier alpha value is -4.12. The first-order valence-electron chi connectivity index (χ1n) is 11.4. The third-order valence-electron chi connectivity index (χ3n) is 6.28. The molecule has 4 aromatic rings. The van der Waals surface area contributed by atoms with E-state index in [1.54, 1.807) is 19.1 Å². The summed E-state index contributed by atoms with van der Waals surface area (Å²) in [5.74, 6) is -1.34. The van der Waals surface area contributed by atoms with Gasteiger partial charge in [0, 0.05) is 30.2 Å². The van der Waals surface area contributed by atoms with Gasteiger partial charge in [0.25, 0.3) is 0 Å². The fourth-order valence-electron chi connectivity index (χ4n) is 4.30. The first-order valence-corrected chi connectivity index (χ1v) is 11.4. The summed E-state index contributed by atoms with van der Waals surface area (Å²) in [5, 5.41) is 0. The van der Waals surface area contributed by atoms with Crippen molar-refractivity contribution in [2.24, 2.45) is 0 Å². The van der Waals surface area contributed by atoms with Crippen molar-refractivity contribution in [2.75, 3.05) is 7.11 Å². The zero-order chi connectivity index (χ0) is 24.9. The van der Waals surface area contributed by atoms with Crippen molar-refractivity contribution in [2.45, 2.75) is 26.2 Å². The van der Waals surface area contributed by atoms with E-state index in [0.717, 1.165) is 27.8 Å². The minimum atomic E-state index is -0.658. The lowest BCUT2D eigenvalue weighted by Gasteiger charge is -2.20. The number of nitrogens with zero attached hydrogens (tertiary/aromatic N) is 1. The normalized spacial score (nSPS) is 11.7. The van der Waals surface area contributed by atoms with Crippen LogP contribution < -0.4 is 0 Å². The predicted octanol–water partition coefficient (Wildman–Crippen LogP) is 6.70. The number of halogens is 1. The second-order valence-electron chi connectivity index (χ2n) is 8.55. The first-order chi connectivity index (χ1) is 16.9. The fourth-order valence-corrected chi connectivity index (χ4v) is 4.30. The van der Waals surface area contributed by atoms with Crippen LogP contribution in [-0.4, -0.2) is 23.8 Å². The Labute approximate surface area is 204 Å². The number of esters is 1. The van der Waals surface area contributed by atoms with Gasteiger partial charge in [-0.3, -0.25) is 4.79 Å². The van der Waals surface area contributed by atoms with Crippen molar-refractivity contribution < 1.29 is 18.7 Å². The molecule has 0 aliphatic carbocycles. The highest BCUT2D eigenvalue weighted by Crippen LogP contribution is 2.33. The average molecular weight is 468 g/mol. The lowest BCUT2D eigenvalue weighted by Crippen LogP contribution is -2.12. The molecule has 0 radical (unpaired) electrons. The Kier molecular flexibility index (Phi) is 7.16. The number of hydrogen-bond donors (Lipinski definition) is 0. The lowest BCUT2D eigenvalue weighted by atomic mass is 9.83. The topological polar surface area (TPSA) is 56.3 Å². The number of ether oxygens (including phenoxy) is 1. The molecule has 0 saturated heterocycles. The molecule has 1 atom stereocenters. The van der Waals surface area contributed by atoms with Crippen molar-refractivity contribution in [1.82, 2.24) is 4.98 Å². The van der Waals surface area contributed by atoms with Crippen LogP contribution in [0.3, 0.4) is 0 Å². The van der Waals surface area contributed by atoms with E-state index >= 15 is 0 Å². The van der Waals surface area contributed by atoms with Crippen LogP contribution in [0.15, 0.2) is 85.1 Å². The van der Waals surface area contributed by atoms with E-state index in [9.17, 15) is 14.0 Å². The van der Waals surface area contributed by atoms with Crippen molar-refractivity contribution in [3.8, 4) is 11.1 Å². The van der Waals surface area contributed by atoms with E-state index in [1.807, 2.05) is 67.6 Å². The van der Waals surface area contributed by atoms with Crippen LogP contribution in [0.5, 0.6) is 0 Å². The number of aryl methyl sites for hydroxylation is 2. The van der Waals surface area contributed by atoms with Gasteiger partial charge in [-0.25, -0.2) is 9.78 Å². The summed E-state index contributed by atoms with van der Waals surface area (Å²) in [4.78, 5) is 28.6. The highest BCUT2D eigenvalue weighted by Gasteiger charge is 2.22. The number of ketones is 1. The molecule has 0 bridgehead atoms. The van der Waals surface area contributed by atoms with E-state index in [2.05, 4.69) is 4.98 Å². The van der Waals surface area contributed by atoms with Crippen LogP contribution in [0.4, 0.5) is 4.39 Å². The summed E-state index contributed by atoms with van der Waals surface area (Å²) in [6, 6.07) is 24.5. The molecule has 35 heavy (non-hydrogen) atoms. The Morgan fingerprint density at radius 3 is 2.14 bits per heavy atom. The molecule has 0 N–H and O–H groups in total. The Morgan fingerprint density at radius 2 is 1.51 bits per heavy atom. The van der Waals surface area contributed by atoms with Gasteiger partial charge >= 0.3 is 5.97 Å². The van der Waals surface area contributed by atoms with Crippen LogP contribution in [0, 0.1) is 19.8 Å². The molecule has 176 valence electrons. The van der Waals surface area contributed by atoms with Crippen LogP contribution in [0.1, 0.15) is 55.3 Å². The zero-order valence-corrected chi connectivity index (χ0v) is 19.9. The SMILES string of the molecule is COC(=O)c1ccc(-c2ccc(C(CC(=O)c3cc(F)ncc3C)c3ccccc3C)cc2)cc1. The molecule has 0 spiro atoms. The van der Waals surface area contributed by atoms with Crippen molar-refractivity contribution >= 4 is 11.8 Å². The molecule has 0 amide bonds. The summed E-state index contributed by atoms with van der Waals surface area (Å²) in [7, 11) is 1.36. The van der Waals surface area contributed by atoms with Crippen molar-refractivity contribution in [3.63, 3.8) is 0 Å². The number of aromatic nitrogens is 1. The summed E-state index contributed by atoms with van der Waals surface area (Å²) >= 11 is 0. The van der Waals surface area contributed by atoms with Gasteiger partial charge < -0.3 is 4.74 Å². The quantitative estimate of drug-likeness (QED) is 0.172. The standard InChI is InChI=1S/C30H26FNO3/c1-19-6-4-5-7-25(19)27(16-28(33)26-17-29(31)32-18-20(26)2)23-12-8-21(9-13-23)22-10-14-24(15-11-22)30(34)35-3/h4-15,17-18,27H,16H2,1-3H3. The zero-order valence-electron chi connectivity index (χ0n) is 19.9. The summed E-state index contributed by atoms with van der Waals surface area (Å²) in [6.07, 6.45) is 1.61. The minimum Gasteiger partial charge on any atom is -0.465 e. The van der Waals surface area contributed by atoms with Gasteiger partial charge in [-0.05, 0) is 59.4 Å². The molecule has 4 nitrogen and oxygen atoms in total. The number of hydrogen-bond acceptors (Lipinski definition) is 4. The largest absolute Gasteiger partial charge is 0.465 e. The number of rotatable bonds is 7. The molecule has 4 rings (SSSR count). The van der Waals surface area contributed by atoms with E-state index in [4.69, 9.17) is 4.74 Å². The van der Waals surface area contributed by atoms with Crippen molar-refractivity contribution in [3.05, 3.63) is 124 Å². The fraction of sp³-hybridized carbons (Fsp3) is 0.167. The van der Waals surface area contributed by atoms with Gasteiger partial charge in [0.05, 0.1) is 12.7 Å². The maximum atomic E-state index is 13.8. The molecular formula is C30H26FNO3. The number of Topliss-reactive ketones (excluding diaryl/α,β-unsaturated/α-hetero) is 1. The van der Waals surface area contributed by atoms with Gasteiger partial charge in [0.15, 0.2) is 5.78 Å². The Balaban J connectivity index is 1.66. The van der Waals surface area contributed by atoms with Gasteiger partial charge in [-0.2, -0.15) is 4.39 Å². The van der Waals surface area contributed by atoms with Crippen LogP contribution in [-0.2, 0) is 4.74 Å². The maximum Gasteiger partial charge on any atom is 0.337 e. The van der Waals surface area contributed by atoms with Gasteiger partial charge in [0.1, 0.15) is 0 Å². The van der Waals surface area contributed by atoms with E-state index in [-0.39, 0.29) is 24.1 Å². The lowest BCUT2D eigenvalue weighted by molar-refractivity contribution is 0.0600. The highest BCUT2D eigenvalue weighted by molar-refractivity contribution is 5.98. The van der Waals surface area contributed by atoms with Gasteiger partial charge in [0.2, 0.25) is 5.95 Å². The maximum absolute atomic E-state index is 13.8. The Morgan fingerprint density at radius 1 is 0.886 bits per heavy atom. The average Bonchev–Trinajstić information content (AvgIpc) is 2.89. The van der Waals surface area contributed by atoms with Crippen molar-refractivity contribution in [1.29, 1.82) is 0 Å². The Bertz CT molecular complexity index is 1360. The van der Waals surface area contributed by atoms with E-state index in [1.165, 1.54) is 19.4 Å². The van der Waals surface area contributed by atoms with Crippen LogP contribution in [0.2, 0.25) is 0 Å². The molecule has 0 fully saturated rings. The summed E-state index contributed by atoms with van der Waals surface area (Å²) in [5.41, 5.74) is 6.61. The molecule has 1 unspecified atom stereocenters. The molecule has 0 aliphatic rings. The third kappa shape index (κ3) is 5.35. The van der Waals surface area contributed by atoms with E-state index in [0.29, 0.717) is 16.7 Å².